The summed E-state index contributed by atoms with van der Waals surface area (Å²) in [6.45, 7) is 5.92. The summed E-state index contributed by atoms with van der Waals surface area (Å²) < 4.78 is 11.2. The van der Waals surface area contributed by atoms with Crippen molar-refractivity contribution in [1.29, 1.82) is 0 Å². The zero-order chi connectivity index (χ0) is 13.1. The zero-order valence-electron chi connectivity index (χ0n) is 11.0. The summed E-state index contributed by atoms with van der Waals surface area (Å²) in [5.41, 5.74) is 7.17. The Morgan fingerprint density at radius 3 is 2.56 bits per heavy atom. The monoisotopic (exact) mass is 245 g/mol. The molecule has 0 fully saturated rings. The van der Waals surface area contributed by atoms with E-state index in [9.17, 15) is 0 Å². The third-order valence-corrected chi connectivity index (χ3v) is 2.66. The Bertz CT molecular complexity index is 517. The van der Waals surface area contributed by atoms with E-state index >= 15 is 0 Å². The summed E-state index contributed by atoms with van der Waals surface area (Å²) >= 11 is 0. The van der Waals surface area contributed by atoms with Crippen LogP contribution in [0.15, 0.2) is 40.8 Å². The van der Waals surface area contributed by atoms with Crippen molar-refractivity contribution in [2.24, 2.45) is 5.73 Å². The molecule has 1 unspecified atom stereocenters. The van der Waals surface area contributed by atoms with Gasteiger partial charge < -0.3 is 14.9 Å². The Labute approximate surface area is 108 Å². The quantitative estimate of drug-likeness (QED) is 0.897. The molecule has 0 radical (unpaired) electrons. The first-order chi connectivity index (χ1) is 8.56. The number of benzene rings is 1. The number of hydrogen-bond acceptors (Lipinski definition) is 3. The smallest absolute Gasteiger partial charge is 0.125 e. The molecular weight excluding hydrogens is 226 g/mol. The largest absolute Gasteiger partial charge is 0.491 e. The van der Waals surface area contributed by atoms with E-state index in [-0.39, 0.29) is 12.1 Å². The fourth-order valence-electron chi connectivity index (χ4n) is 1.84. The van der Waals surface area contributed by atoms with Crippen LogP contribution in [0.1, 0.15) is 37.0 Å². The van der Waals surface area contributed by atoms with E-state index < -0.39 is 0 Å². The lowest BCUT2D eigenvalue weighted by atomic mass is 10.1. The van der Waals surface area contributed by atoms with Gasteiger partial charge in [-0.05, 0) is 50.6 Å². The highest BCUT2D eigenvalue weighted by Gasteiger charge is 2.13. The summed E-state index contributed by atoms with van der Waals surface area (Å²) in [6, 6.07) is 11.4. The lowest BCUT2D eigenvalue weighted by Gasteiger charge is -2.13. The van der Waals surface area contributed by atoms with Gasteiger partial charge in [0.2, 0.25) is 0 Å². The summed E-state index contributed by atoms with van der Waals surface area (Å²) in [4.78, 5) is 0. The van der Waals surface area contributed by atoms with Crippen LogP contribution >= 0.6 is 0 Å². The molecule has 0 aliphatic heterocycles. The molecule has 2 rings (SSSR count). The Morgan fingerprint density at radius 1 is 1.17 bits per heavy atom. The average molecular weight is 245 g/mol. The Balaban J connectivity index is 2.22. The van der Waals surface area contributed by atoms with Crippen LogP contribution in [-0.4, -0.2) is 6.10 Å². The fraction of sp³-hybridized carbons (Fsp3) is 0.333. The maximum absolute atomic E-state index is 6.18. The van der Waals surface area contributed by atoms with Gasteiger partial charge >= 0.3 is 0 Å². The van der Waals surface area contributed by atoms with Crippen molar-refractivity contribution in [3.63, 3.8) is 0 Å². The van der Waals surface area contributed by atoms with Crippen molar-refractivity contribution in [2.75, 3.05) is 0 Å². The summed E-state index contributed by atoms with van der Waals surface area (Å²) in [5.74, 6) is 2.48. The van der Waals surface area contributed by atoms with E-state index in [1.807, 2.05) is 57.2 Å². The van der Waals surface area contributed by atoms with Crippen LogP contribution in [-0.2, 0) is 0 Å². The van der Waals surface area contributed by atoms with Crippen LogP contribution in [0.5, 0.6) is 5.75 Å². The first-order valence-electron chi connectivity index (χ1n) is 6.15. The Kier molecular flexibility index (Phi) is 3.72. The number of nitrogens with two attached hydrogens (primary N) is 1. The third kappa shape index (κ3) is 2.93. The molecule has 0 amide bonds. The molecular formula is C15H19NO2. The third-order valence-electron chi connectivity index (χ3n) is 2.66. The van der Waals surface area contributed by atoms with Crippen LogP contribution in [0.25, 0.3) is 0 Å². The minimum atomic E-state index is -0.255. The van der Waals surface area contributed by atoms with E-state index in [2.05, 4.69) is 0 Å². The molecule has 3 nitrogen and oxygen atoms in total. The van der Waals surface area contributed by atoms with Gasteiger partial charge in [-0.25, -0.2) is 0 Å². The Hall–Kier alpha value is -1.74. The zero-order valence-corrected chi connectivity index (χ0v) is 11.0. The van der Waals surface area contributed by atoms with Crippen LogP contribution in [0, 0.1) is 6.92 Å². The SMILES string of the molecule is Cc1ccc(C(N)c2cccc(OC(C)C)c2)o1. The van der Waals surface area contributed by atoms with Gasteiger partial charge in [-0.3, -0.25) is 0 Å². The Morgan fingerprint density at radius 2 is 1.94 bits per heavy atom. The lowest BCUT2D eigenvalue weighted by Crippen LogP contribution is -2.12. The van der Waals surface area contributed by atoms with Crippen LogP contribution in [0.4, 0.5) is 0 Å². The van der Waals surface area contributed by atoms with Crippen molar-refractivity contribution in [3.05, 3.63) is 53.5 Å². The highest BCUT2D eigenvalue weighted by Crippen LogP contribution is 2.25. The molecule has 18 heavy (non-hydrogen) atoms. The molecule has 0 saturated heterocycles. The normalized spacial score (nSPS) is 12.7. The molecule has 0 aliphatic carbocycles. The molecule has 1 aromatic heterocycles. The van der Waals surface area contributed by atoms with Gasteiger partial charge in [-0.15, -0.1) is 0 Å². The van der Waals surface area contributed by atoms with Crippen molar-refractivity contribution in [2.45, 2.75) is 32.9 Å². The molecule has 1 atom stereocenters. The molecule has 0 aliphatic rings. The van der Waals surface area contributed by atoms with Gasteiger partial charge in [0.15, 0.2) is 0 Å². The van der Waals surface area contributed by atoms with Gasteiger partial charge in [-0.1, -0.05) is 12.1 Å². The topological polar surface area (TPSA) is 48.4 Å². The maximum Gasteiger partial charge on any atom is 0.125 e. The molecule has 0 spiro atoms. The van der Waals surface area contributed by atoms with Crippen molar-refractivity contribution in [1.82, 2.24) is 0 Å². The number of ether oxygens (including phenoxy) is 1. The molecule has 1 heterocycles. The molecule has 2 N–H and O–H groups in total. The van der Waals surface area contributed by atoms with Gasteiger partial charge in [0.1, 0.15) is 17.3 Å². The summed E-state index contributed by atoms with van der Waals surface area (Å²) in [6.07, 6.45) is 0.155. The predicted molar refractivity (Wildman–Crippen MR) is 71.7 cm³/mol. The van der Waals surface area contributed by atoms with Gasteiger partial charge in [-0.2, -0.15) is 0 Å². The van der Waals surface area contributed by atoms with Gasteiger partial charge in [0, 0.05) is 0 Å². The second kappa shape index (κ2) is 5.27. The molecule has 2 aromatic rings. The maximum atomic E-state index is 6.18. The average Bonchev–Trinajstić information content (AvgIpc) is 2.74. The van der Waals surface area contributed by atoms with Crippen LogP contribution in [0.3, 0.4) is 0 Å². The van der Waals surface area contributed by atoms with Crippen LogP contribution < -0.4 is 10.5 Å². The highest BCUT2D eigenvalue weighted by atomic mass is 16.5. The molecule has 3 heteroatoms. The minimum absolute atomic E-state index is 0.155. The van der Waals surface area contributed by atoms with Crippen molar-refractivity contribution < 1.29 is 9.15 Å². The second-order valence-electron chi connectivity index (χ2n) is 4.67. The minimum Gasteiger partial charge on any atom is -0.491 e. The number of hydrogen-bond donors (Lipinski definition) is 1. The van der Waals surface area contributed by atoms with Crippen molar-refractivity contribution in [3.8, 4) is 5.75 Å². The molecule has 0 saturated carbocycles. The van der Waals surface area contributed by atoms with E-state index in [1.54, 1.807) is 0 Å². The van der Waals surface area contributed by atoms with Gasteiger partial charge in [0.05, 0.1) is 12.1 Å². The van der Waals surface area contributed by atoms with Crippen molar-refractivity contribution >= 4 is 0 Å². The first-order valence-corrected chi connectivity index (χ1v) is 6.15. The van der Waals surface area contributed by atoms with Crippen LogP contribution in [0.2, 0.25) is 0 Å². The summed E-state index contributed by atoms with van der Waals surface area (Å²) in [5, 5.41) is 0. The number of rotatable bonds is 4. The molecule has 1 aromatic carbocycles. The standard InChI is InChI=1S/C15H19NO2/c1-10(2)17-13-6-4-5-12(9-13)15(16)14-8-7-11(3)18-14/h4-10,15H,16H2,1-3H3. The summed E-state index contributed by atoms with van der Waals surface area (Å²) in [7, 11) is 0. The first kappa shape index (κ1) is 12.7. The number of aryl methyl sites for hydroxylation is 1. The highest BCUT2D eigenvalue weighted by molar-refractivity contribution is 5.34. The van der Waals surface area contributed by atoms with E-state index in [0.717, 1.165) is 22.8 Å². The molecule has 0 bridgehead atoms. The van der Waals surface area contributed by atoms with E-state index in [4.69, 9.17) is 14.9 Å². The lowest BCUT2D eigenvalue weighted by molar-refractivity contribution is 0.242. The second-order valence-corrected chi connectivity index (χ2v) is 4.67. The van der Waals surface area contributed by atoms with Gasteiger partial charge in [0.25, 0.3) is 0 Å². The number of furan rings is 1. The van der Waals surface area contributed by atoms with E-state index in [1.165, 1.54) is 0 Å². The molecule has 96 valence electrons. The fourth-order valence-corrected chi connectivity index (χ4v) is 1.84. The predicted octanol–water partition coefficient (Wildman–Crippen LogP) is 3.42. The van der Waals surface area contributed by atoms with E-state index in [0.29, 0.717) is 0 Å².